The maximum Gasteiger partial charge on any atom is 0.335 e. The van der Waals surface area contributed by atoms with Gasteiger partial charge in [0.2, 0.25) is 15.9 Å². The van der Waals surface area contributed by atoms with Crippen LogP contribution in [0.2, 0.25) is 0 Å². The minimum atomic E-state index is -3.68. The smallest absolute Gasteiger partial charge is 0.335 e. The molecule has 0 aromatic heterocycles. The first kappa shape index (κ1) is 18.8. The summed E-state index contributed by atoms with van der Waals surface area (Å²) in [4.78, 5) is 25.1. The quantitative estimate of drug-likeness (QED) is 0.802. The SMILES string of the molecule is COC1CN(C(=O)C2CCN(S(=O)(=O)c3ccc(C(=O)O)cc3)CC2)C1. The number of methoxy groups -OCH3 is 1. The van der Waals surface area contributed by atoms with Crippen molar-refractivity contribution in [1.82, 2.24) is 9.21 Å². The number of aromatic carboxylic acids is 1. The summed E-state index contributed by atoms with van der Waals surface area (Å²) in [5.74, 6) is -1.19. The van der Waals surface area contributed by atoms with Crippen LogP contribution in [0.3, 0.4) is 0 Å². The van der Waals surface area contributed by atoms with E-state index in [1.54, 1.807) is 12.0 Å². The zero-order valence-electron chi connectivity index (χ0n) is 14.5. The molecule has 2 aliphatic heterocycles. The lowest BCUT2D eigenvalue weighted by Gasteiger charge is -2.41. The molecule has 1 aromatic carbocycles. The van der Waals surface area contributed by atoms with Gasteiger partial charge in [-0.15, -0.1) is 0 Å². The van der Waals surface area contributed by atoms with Gasteiger partial charge >= 0.3 is 5.97 Å². The summed E-state index contributed by atoms with van der Waals surface area (Å²) < 4.78 is 31.9. The van der Waals surface area contributed by atoms with Crippen LogP contribution in [0.5, 0.6) is 0 Å². The summed E-state index contributed by atoms with van der Waals surface area (Å²) >= 11 is 0. The second-order valence-corrected chi connectivity index (χ2v) is 8.55. The third-order valence-corrected chi connectivity index (χ3v) is 6.95. The molecule has 2 fully saturated rings. The number of carboxylic acid groups (broad SMARTS) is 1. The molecule has 0 spiro atoms. The van der Waals surface area contributed by atoms with Gasteiger partial charge in [0.25, 0.3) is 0 Å². The van der Waals surface area contributed by atoms with Gasteiger partial charge in [0.1, 0.15) is 0 Å². The van der Waals surface area contributed by atoms with Crippen molar-refractivity contribution in [3.05, 3.63) is 29.8 Å². The monoisotopic (exact) mass is 382 g/mol. The maximum atomic E-state index is 12.7. The Morgan fingerprint density at radius 2 is 1.69 bits per heavy atom. The van der Waals surface area contributed by atoms with Crippen molar-refractivity contribution < 1.29 is 27.9 Å². The van der Waals surface area contributed by atoms with Gasteiger partial charge in [-0.3, -0.25) is 4.79 Å². The van der Waals surface area contributed by atoms with Crippen LogP contribution in [0.1, 0.15) is 23.2 Å². The molecule has 1 aromatic rings. The Hall–Kier alpha value is -1.97. The zero-order valence-corrected chi connectivity index (χ0v) is 15.3. The number of carbonyl (C=O) groups is 2. The van der Waals surface area contributed by atoms with Gasteiger partial charge < -0.3 is 14.7 Å². The van der Waals surface area contributed by atoms with E-state index >= 15 is 0 Å². The molecule has 1 N–H and O–H groups in total. The summed E-state index contributed by atoms with van der Waals surface area (Å²) in [6.07, 6.45) is 1.08. The van der Waals surface area contributed by atoms with E-state index in [1.165, 1.54) is 28.6 Å². The molecule has 2 aliphatic rings. The predicted molar refractivity (Wildman–Crippen MR) is 92.3 cm³/mol. The first-order valence-electron chi connectivity index (χ1n) is 8.48. The van der Waals surface area contributed by atoms with Crippen molar-refractivity contribution in [2.75, 3.05) is 33.3 Å². The van der Waals surface area contributed by atoms with E-state index in [1.807, 2.05) is 0 Å². The number of ether oxygens (including phenoxy) is 1. The fourth-order valence-electron chi connectivity index (χ4n) is 3.29. The molecule has 0 aliphatic carbocycles. The van der Waals surface area contributed by atoms with E-state index in [4.69, 9.17) is 9.84 Å². The van der Waals surface area contributed by atoms with E-state index < -0.39 is 16.0 Å². The minimum Gasteiger partial charge on any atom is -0.478 e. The Labute approximate surface area is 152 Å². The van der Waals surface area contributed by atoms with Gasteiger partial charge in [0.15, 0.2) is 0 Å². The lowest BCUT2D eigenvalue weighted by molar-refractivity contribution is -0.148. The third-order valence-electron chi connectivity index (χ3n) is 5.04. The number of rotatable bonds is 5. The normalized spacial score (nSPS) is 20.0. The van der Waals surface area contributed by atoms with Crippen molar-refractivity contribution in [3.8, 4) is 0 Å². The van der Waals surface area contributed by atoms with Gasteiger partial charge in [-0.05, 0) is 37.1 Å². The van der Waals surface area contributed by atoms with Crippen LogP contribution in [-0.2, 0) is 19.6 Å². The molecule has 0 bridgehead atoms. The molecule has 0 radical (unpaired) electrons. The summed E-state index contributed by atoms with van der Waals surface area (Å²) in [5.41, 5.74) is 0.0390. The van der Waals surface area contributed by atoms with Crippen molar-refractivity contribution >= 4 is 21.9 Å². The highest BCUT2D eigenvalue weighted by Gasteiger charge is 2.37. The summed E-state index contributed by atoms with van der Waals surface area (Å²) in [6, 6.07) is 5.17. The molecule has 2 saturated heterocycles. The van der Waals surface area contributed by atoms with E-state index in [-0.39, 0.29) is 41.5 Å². The summed E-state index contributed by atoms with van der Waals surface area (Å²) in [6.45, 7) is 1.76. The van der Waals surface area contributed by atoms with Crippen LogP contribution in [-0.4, -0.2) is 74.0 Å². The van der Waals surface area contributed by atoms with Crippen LogP contribution in [0.4, 0.5) is 0 Å². The topological polar surface area (TPSA) is 104 Å². The van der Waals surface area contributed by atoms with Crippen molar-refractivity contribution in [2.24, 2.45) is 5.92 Å². The lowest BCUT2D eigenvalue weighted by atomic mass is 9.95. The third kappa shape index (κ3) is 3.60. The first-order chi connectivity index (χ1) is 12.3. The Bertz CT molecular complexity index is 778. The molecular weight excluding hydrogens is 360 g/mol. The number of carbonyl (C=O) groups excluding carboxylic acids is 1. The van der Waals surface area contributed by atoms with E-state index in [0.717, 1.165) is 0 Å². The van der Waals surface area contributed by atoms with Crippen LogP contribution in [0.15, 0.2) is 29.2 Å². The maximum absolute atomic E-state index is 12.7. The predicted octanol–water partition coefficient (Wildman–Crippen LogP) is 0.643. The van der Waals surface area contributed by atoms with E-state index in [0.29, 0.717) is 25.9 Å². The second-order valence-electron chi connectivity index (χ2n) is 6.61. The average molecular weight is 382 g/mol. The molecule has 3 rings (SSSR count). The van der Waals surface area contributed by atoms with Crippen LogP contribution < -0.4 is 0 Å². The molecule has 2 heterocycles. The second kappa shape index (κ2) is 7.34. The number of hydrogen-bond donors (Lipinski definition) is 1. The number of sulfonamides is 1. The number of piperidine rings is 1. The number of nitrogens with zero attached hydrogens (tertiary/aromatic N) is 2. The highest BCUT2D eigenvalue weighted by atomic mass is 32.2. The Kier molecular flexibility index (Phi) is 5.31. The fraction of sp³-hybridized carbons (Fsp3) is 0.529. The fourth-order valence-corrected chi connectivity index (χ4v) is 4.76. The molecule has 0 atom stereocenters. The number of hydrogen-bond acceptors (Lipinski definition) is 5. The van der Waals surface area contributed by atoms with Gasteiger partial charge in [-0.1, -0.05) is 0 Å². The largest absolute Gasteiger partial charge is 0.478 e. The Morgan fingerprint density at radius 3 is 2.19 bits per heavy atom. The van der Waals surface area contributed by atoms with E-state index in [2.05, 4.69) is 0 Å². The average Bonchev–Trinajstić information content (AvgIpc) is 2.61. The molecular formula is C17H22N2O6S. The molecule has 1 amide bonds. The first-order valence-corrected chi connectivity index (χ1v) is 9.92. The number of benzene rings is 1. The Morgan fingerprint density at radius 1 is 1.12 bits per heavy atom. The summed E-state index contributed by atoms with van der Waals surface area (Å²) in [7, 11) is -2.06. The standard InChI is InChI=1S/C17H22N2O6S/c1-25-14-10-18(11-14)16(20)12-6-8-19(9-7-12)26(23,24)15-4-2-13(3-5-15)17(21)22/h2-5,12,14H,6-11H2,1H3,(H,21,22). The van der Waals surface area contributed by atoms with Crippen molar-refractivity contribution in [2.45, 2.75) is 23.8 Å². The van der Waals surface area contributed by atoms with E-state index in [9.17, 15) is 18.0 Å². The van der Waals surface area contributed by atoms with Crippen LogP contribution in [0.25, 0.3) is 0 Å². The molecule has 8 nitrogen and oxygen atoms in total. The highest BCUT2D eigenvalue weighted by Crippen LogP contribution is 2.27. The molecule has 0 unspecified atom stereocenters. The number of amides is 1. The van der Waals surface area contributed by atoms with Crippen LogP contribution in [0, 0.1) is 5.92 Å². The molecule has 26 heavy (non-hydrogen) atoms. The van der Waals surface area contributed by atoms with Crippen molar-refractivity contribution in [1.29, 1.82) is 0 Å². The summed E-state index contributed by atoms with van der Waals surface area (Å²) in [5, 5.41) is 8.91. The van der Waals surface area contributed by atoms with Crippen molar-refractivity contribution in [3.63, 3.8) is 0 Å². The zero-order chi connectivity index (χ0) is 18.9. The Balaban J connectivity index is 1.60. The minimum absolute atomic E-state index is 0.0390. The molecule has 9 heteroatoms. The van der Waals surface area contributed by atoms with Crippen LogP contribution >= 0.6 is 0 Å². The molecule has 142 valence electrons. The highest BCUT2D eigenvalue weighted by molar-refractivity contribution is 7.89. The molecule has 0 saturated carbocycles. The van der Waals surface area contributed by atoms with Gasteiger partial charge in [0.05, 0.1) is 16.6 Å². The van der Waals surface area contributed by atoms with Gasteiger partial charge in [-0.2, -0.15) is 4.31 Å². The number of likely N-dealkylation sites (tertiary alicyclic amines) is 1. The van der Waals surface area contributed by atoms with Gasteiger partial charge in [-0.25, -0.2) is 13.2 Å². The lowest BCUT2D eigenvalue weighted by Crippen LogP contribution is -2.57. The van der Waals surface area contributed by atoms with Gasteiger partial charge in [0, 0.05) is 39.2 Å². The number of carboxylic acids is 1.